The Morgan fingerprint density at radius 1 is 0.267 bits per heavy atom. The van der Waals surface area contributed by atoms with Crippen molar-refractivity contribution >= 4 is 60.2 Å². The van der Waals surface area contributed by atoms with Crippen molar-refractivity contribution in [3.63, 3.8) is 0 Å². The number of hydrogen-bond acceptors (Lipinski definition) is 1. The molecule has 0 atom stereocenters. The van der Waals surface area contributed by atoms with Crippen LogP contribution in [-0.4, -0.2) is 0 Å². The highest BCUT2D eigenvalue weighted by molar-refractivity contribution is 6.26. The number of nitrogens with zero attached hydrogens (tertiary/aromatic N) is 1. The summed E-state index contributed by atoms with van der Waals surface area (Å²) in [6.45, 7) is 0. The summed E-state index contributed by atoms with van der Waals surface area (Å²) in [5.41, 5.74) is 15.8. The maximum absolute atomic E-state index is 2.55. The zero-order valence-corrected chi connectivity index (χ0v) is 32.8. The summed E-state index contributed by atoms with van der Waals surface area (Å²) in [5, 5.41) is 10.1. The van der Waals surface area contributed by atoms with Crippen molar-refractivity contribution in [2.45, 2.75) is 5.41 Å². The summed E-state index contributed by atoms with van der Waals surface area (Å²) in [7, 11) is 0. The first-order valence-electron chi connectivity index (χ1n) is 20.9. The normalized spacial score (nSPS) is 13.1. The molecule has 60 heavy (non-hydrogen) atoms. The Morgan fingerprint density at radius 2 is 0.767 bits per heavy atom. The van der Waals surface area contributed by atoms with Crippen LogP contribution in [0, 0.1) is 0 Å². The van der Waals surface area contributed by atoms with E-state index in [1.54, 1.807) is 0 Å². The first-order valence-corrected chi connectivity index (χ1v) is 20.9. The predicted octanol–water partition coefficient (Wildman–Crippen LogP) is 15.8. The van der Waals surface area contributed by atoms with Crippen LogP contribution in [0.3, 0.4) is 0 Å². The maximum Gasteiger partial charge on any atom is 0.0726 e. The quantitative estimate of drug-likeness (QED) is 0.162. The number of anilines is 3. The van der Waals surface area contributed by atoms with Crippen LogP contribution >= 0.6 is 0 Å². The number of rotatable bonds is 4. The topological polar surface area (TPSA) is 3.24 Å². The van der Waals surface area contributed by atoms with Gasteiger partial charge in [-0.25, -0.2) is 0 Å². The average molecular weight is 760 g/mol. The minimum absolute atomic E-state index is 0.476. The Labute approximate surface area is 349 Å². The van der Waals surface area contributed by atoms with Crippen molar-refractivity contribution in [3.8, 4) is 33.4 Å². The largest absolute Gasteiger partial charge is 0.310 e. The lowest BCUT2D eigenvalue weighted by molar-refractivity contribution is 0.794. The molecule has 0 aromatic heterocycles. The van der Waals surface area contributed by atoms with Gasteiger partial charge in [0.2, 0.25) is 0 Å². The first kappa shape index (κ1) is 33.3. The zero-order valence-electron chi connectivity index (χ0n) is 32.8. The van der Waals surface area contributed by atoms with Gasteiger partial charge >= 0.3 is 0 Å². The van der Waals surface area contributed by atoms with E-state index in [-0.39, 0.29) is 0 Å². The van der Waals surface area contributed by atoms with Gasteiger partial charge in [-0.05, 0) is 136 Å². The summed E-state index contributed by atoms with van der Waals surface area (Å²) in [4.78, 5) is 2.51. The van der Waals surface area contributed by atoms with E-state index in [0.29, 0.717) is 0 Å². The van der Waals surface area contributed by atoms with Gasteiger partial charge in [0.25, 0.3) is 0 Å². The highest BCUT2D eigenvalue weighted by Crippen LogP contribution is 2.64. The second-order valence-corrected chi connectivity index (χ2v) is 16.4. The van der Waals surface area contributed by atoms with Gasteiger partial charge in [0.05, 0.1) is 11.1 Å². The SMILES string of the molecule is c1ccc(N(c2ccc3c4ccccc4c4ccccc4c3c2)c2cc3c(cc2-c2ccc4ccccc4c2)-c2ccccc2C32c3ccccc3-c3ccccc32)cc1. The smallest absolute Gasteiger partial charge is 0.0726 e. The third-order valence-electron chi connectivity index (χ3n) is 13.4. The number of hydrogen-bond donors (Lipinski definition) is 0. The van der Waals surface area contributed by atoms with Crippen LogP contribution in [-0.2, 0) is 5.41 Å². The molecule has 2 aliphatic carbocycles. The lowest BCUT2D eigenvalue weighted by Gasteiger charge is -2.33. The summed E-state index contributed by atoms with van der Waals surface area (Å²) in [6, 6.07) is 83.8. The molecule has 11 aromatic rings. The molecular formula is C59H37N. The molecule has 0 bridgehead atoms. The molecule has 0 radical (unpaired) electrons. The summed E-state index contributed by atoms with van der Waals surface area (Å²) in [5.74, 6) is 0. The van der Waals surface area contributed by atoms with E-state index in [2.05, 4.69) is 229 Å². The fourth-order valence-electron chi connectivity index (χ4n) is 10.9. The number of benzene rings is 11. The molecule has 1 spiro atoms. The summed E-state index contributed by atoms with van der Waals surface area (Å²) < 4.78 is 0. The molecule has 1 nitrogen and oxygen atoms in total. The molecule has 0 heterocycles. The van der Waals surface area contributed by atoms with E-state index in [9.17, 15) is 0 Å². The zero-order chi connectivity index (χ0) is 39.4. The van der Waals surface area contributed by atoms with Crippen LogP contribution in [0.1, 0.15) is 22.3 Å². The molecule has 0 saturated carbocycles. The molecule has 1 heteroatoms. The molecule has 0 unspecified atom stereocenters. The van der Waals surface area contributed by atoms with Gasteiger partial charge in [-0.15, -0.1) is 0 Å². The van der Waals surface area contributed by atoms with Crippen molar-refractivity contribution in [2.75, 3.05) is 4.90 Å². The van der Waals surface area contributed by atoms with Crippen LogP contribution < -0.4 is 4.90 Å². The first-order chi connectivity index (χ1) is 29.8. The second kappa shape index (κ2) is 12.6. The van der Waals surface area contributed by atoms with Crippen LogP contribution in [0.25, 0.3) is 76.5 Å². The summed E-state index contributed by atoms with van der Waals surface area (Å²) in [6.07, 6.45) is 0. The maximum atomic E-state index is 2.55. The van der Waals surface area contributed by atoms with Crippen LogP contribution in [0.2, 0.25) is 0 Å². The number of para-hydroxylation sites is 1. The molecule has 0 amide bonds. The van der Waals surface area contributed by atoms with Crippen molar-refractivity contribution in [2.24, 2.45) is 0 Å². The van der Waals surface area contributed by atoms with Crippen LogP contribution in [0.5, 0.6) is 0 Å². The highest BCUT2D eigenvalue weighted by atomic mass is 15.1. The lowest BCUT2D eigenvalue weighted by atomic mass is 9.70. The fourth-order valence-corrected chi connectivity index (χ4v) is 10.9. The van der Waals surface area contributed by atoms with E-state index >= 15 is 0 Å². The lowest BCUT2D eigenvalue weighted by Crippen LogP contribution is -2.26. The second-order valence-electron chi connectivity index (χ2n) is 16.4. The van der Waals surface area contributed by atoms with Gasteiger partial charge < -0.3 is 4.90 Å². The van der Waals surface area contributed by atoms with Gasteiger partial charge in [-0.1, -0.05) is 182 Å². The molecule has 0 aliphatic heterocycles. The highest BCUT2D eigenvalue weighted by Gasteiger charge is 2.52. The molecule has 0 saturated heterocycles. The van der Waals surface area contributed by atoms with E-state index in [4.69, 9.17) is 0 Å². The van der Waals surface area contributed by atoms with Gasteiger partial charge in [0.15, 0.2) is 0 Å². The Bertz CT molecular complexity index is 3480. The third kappa shape index (κ3) is 4.52. The van der Waals surface area contributed by atoms with Crippen LogP contribution in [0.4, 0.5) is 17.1 Å². The molecule has 278 valence electrons. The Morgan fingerprint density at radius 3 is 1.40 bits per heavy atom. The van der Waals surface area contributed by atoms with Crippen LogP contribution in [0.15, 0.2) is 224 Å². The van der Waals surface area contributed by atoms with E-state index in [0.717, 1.165) is 17.1 Å². The fraction of sp³-hybridized carbons (Fsp3) is 0.0169. The minimum atomic E-state index is -0.476. The average Bonchev–Trinajstić information content (AvgIpc) is 3.78. The van der Waals surface area contributed by atoms with Crippen molar-refractivity contribution in [3.05, 3.63) is 247 Å². The van der Waals surface area contributed by atoms with E-state index in [1.807, 2.05) is 0 Å². The van der Waals surface area contributed by atoms with Crippen molar-refractivity contribution < 1.29 is 0 Å². The monoisotopic (exact) mass is 759 g/mol. The molecular weight excluding hydrogens is 723 g/mol. The van der Waals surface area contributed by atoms with Gasteiger partial charge in [-0.3, -0.25) is 0 Å². The Hall–Kier alpha value is -7.74. The summed E-state index contributed by atoms with van der Waals surface area (Å²) >= 11 is 0. The van der Waals surface area contributed by atoms with Gasteiger partial charge in [0, 0.05) is 16.9 Å². The Balaban J connectivity index is 1.17. The molecule has 11 aromatic carbocycles. The molecule has 0 fully saturated rings. The molecule has 13 rings (SSSR count). The van der Waals surface area contributed by atoms with Gasteiger partial charge in [-0.2, -0.15) is 0 Å². The minimum Gasteiger partial charge on any atom is -0.310 e. The molecule has 2 aliphatic rings. The molecule has 0 N–H and O–H groups in total. The van der Waals surface area contributed by atoms with Gasteiger partial charge in [0.1, 0.15) is 0 Å². The Kier molecular flexibility index (Phi) is 7.00. The van der Waals surface area contributed by atoms with Crippen molar-refractivity contribution in [1.82, 2.24) is 0 Å². The standard InChI is InChI=1S/C59H37N/c1-2-18-41(19-3-1)60(42-32-33-47-45-22-7-6-20-43(45)44-21-8-9-23-46(44)52(47)35-42)58-37-57-53(36-51(58)40-31-30-38-16-4-5-17-39(38)34-40)50-26-12-15-29-56(50)59(57)54-27-13-10-24-48(54)49-25-11-14-28-55(49)59/h1-37H. The predicted molar refractivity (Wildman–Crippen MR) is 253 cm³/mol. The third-order valence-corrected chi connectivity index (χ3v) is 13.4. The van der Waals surface area contributed by atoms with E-state index < -0.39 is 5.41 Å². The van der Waals surface area contributed by atoms with E-state index in [1.165, 1.54) is 98.7 Å². The van der Waals surface area contributed by atoms with Crippen molar-refractivity contribution in [1.29, 1.82) is 0 Å². The number of fused-ring (bicyclic) bond motifs is 17.